The monoisotopic (exact) mass is 368 g/mol. The van der Waals surface area contributed by atoms with Gasteiger partial charge >= 0.3 is 12.2 Å². The molecule has 7 nitrogen and oxygen atoms in total. The first kappa shape index (κ1) is 19.8. The van der Waals surface area contributed by atoms with Crippen molar-refractivity contribution in [3.63, 3.8) is 0 Å². The van der Waals surface area contributed by atoms with E-state index in [-0.39, 0.29) is 6.54 Å². The normalized spacial score (nSPS) is 9.74. The highest BCUT2D eigenvalue weighted by atomic mass is 16.6. The van der Waals surface area contributed by atoms with Gasteiger partial charge in [-0.25, -0.2) is 14.5 Å². The molecule has 27 heavy (non-hydrogen) atoms. The van der Waals surface area contributed by atoms with Crippen LogP contribution in [0.4, 0.5) is 9.59 Å². The lowest BCUT2D eigenvalue weighted by Crippen LogP contribution is -2.41. The molecule has 7 heteroatoms. The SMILES string of the molecule is N#COCCCCCN(C(=O)Oc1ccccc1)C(=O)Oc1ccccc1. The highest BCUT2D eigenvalue weighted by Gasteiger charge is 2.25. The van der Waals surface area contributed by atoms with Gasteiger partial charge in [0.25, 0.3) is 6.26 Å². The van der Waals surface area contributed by atoms with E-state index in [0.717, 1.165) is 4.90 Å². The molecule has 2 aromatic rings. The Labute approximate surface area is 157 Å². The van der Waals surface area contributed by atoms with Gasteiger partial charge in [0.2, 0.25) is 0 Å². The maximum Gasteiger partial charge on any atom is 0.424 e. The average molecular weight is 368 g/mol. The number of hydrogen-bond acceptors (Lipinski definition) is 6. The molecule has 0 saturated heterocycles. The van der Waals surface area contributed by atoms with Gasteiger partial charge in [-0.05, 0) is 43.5 Å². The summed E-state index contributed by atoms with van der Waals surface area (Å²) >= 11 is 0. The molecule has 0 bridgehead atoms. The fourth-order valence-corrected chi connectivity index (χ4v) is 2.21. The molecule has 0 aliphatic heterocycles. The number of nitrogens with zero attached hydrogens (tertiary/aromatic N) is 2. The number of para-hydroxylation sites is 2. The Morgan fingerprint density at radius 3 is 1.81 bits per heavy atom. The van der Waals surface area contributed by atoms with E-state index in [1.165, 1.54) is 0 Å². The first-order valence-electron chi connectivity index (χ1n) is 8.53. The number of amides is 2. The summed E-state index contributed by atoms with van der Waals surface area (Å²) in [6.45, 7) is 0.434. The minimum absolute atomic E-state index is 0.129. The van der Waals surface area contributed by atoms with Gasteiger partial charge in [-0.15, -0.1) is 0 Å². The third kappa shape index (κ3) is 7.08. The summed E-state index contributed by atoms with van der Waals surface area (Å²) in [6, 6.07) is 17.0. The van der Waals surface area contributed by atoms with Crippen molar-refractivity contribution in [3.05, 3.63) is 60.7 Å². The molecule has 0 N–H and O–H groups in total. The van der Waals surface area contributed by atoms with Gasteiger partial charge in [0.15, 0.2) is 0 Å². The van der Waals surface area contributed by atoms with Crippen LogP contribution in [0.3, 0.4) is 0 Å². The van der Waals surface area contributed by atoms with Crippen LogP contribution in [0.5, 0.6) is 11.5 Å². The number of carbonyl (C=O) groups is 2. The molecule has 0 aliphatic carbocycles. The van der Waals surface area contributed by atoms with Crippen LogP contribution in [0.1, 0.15) is 19.3 Å². The van der Waals surface area contributed by atoms with E-state index in [4.69, 9.17) is 14.7 Å². The summed E-state index contributed by atoms with van der Waals surface area (Å²) in [6.07, 6.45) is 1.83. The van der Waals surface area contributed by atoms with Crippen LogP contribution in [0.15, 0.2) is 60.7 Å². The van der Waals surface area contributed by atoms with Crippen molar-refractivity contribution < 1.29 is 23.8 Å². The van der Waals surface area contributed by atoms with Crippen LogP contribution >= 0.6 is 0 Å². The zero-order valence-corrected chi connectivity index (χ0v) is 14.7. The van der Waals surface area contributed by atoms with Gasteiger partial charge in [-0.3, -0.25) is 0 Å². The van der Waals surface area contributed by atoms with Gasteiger partial charge in [-0.2, -0.15) is 5.26 Å². The van der Waals surface area contributed by atoms with E-state index >= 15 is 0 Å². The molecule has 0 aliphatic rings. The molecule has 140 valence electrons. The summed E-state index contributed by atoms with van der Waals surface area (Å²) < 4.78 is 15.1. The number of carbonyl (C=O) groups excluding carboxylic acids is 2. The first-order valence-corrected chi connectivity index (χ1v) is 8.53. The number of rotatable bonds is 8. The standard InChI is InChI=1S/C20H20N2O5/c21-16-25-15-9-3-8-14-22(19(23)26-17-10-4-1-5-11-17)20(24)27-18-12-6-2-7-13-18/h1-2,4-7,10-13H,3,8-9,14-15H2. The van der Waals surface area contributed by atoms with Gasteiger partial charge in [0, 0.05) is 6.54 Å². The Morgan fingerprint density at radius 1 is 0.815 bits per heavy atom. The zero-order valence-electron chi connectivity index (χ0n) is 14.7. The number of benzene rings is 2. The maximum atomic E-state index is 12.4. The van der Waals surface area contributed by atoms with E-state index < -0.39 is 12.2 Å². The maximum absolute atomic E-state index is 12.4. The molecule has 0 fully saturated rings. The van der Waals surface area contributed by atoms with E-state index in [1.54, 1.807) is 66.9 Å². The van der Waals surface area contributed by atoms with Crippen LogP contribution in [0.2, 0.25) is 0 Å². The fourth-order valence-electron chi connectivity index (χ4n) is 2.21. The average Bonchev–Trinajstić information content (AvgIpc) is 2.68. The Hall–Kier alpha value is -3.53. The minimum Gasteiger partial charge on any atom is -0.428 e. The third-order valence-electron chi connectivity index (χ3n) is 3.53. The van der Waals surface area contributed by atoms with Crippen LogP contribution in [-0.2, 0) is 4.74 Å². The van der Waals surface area contributed by atoms with Crippen LogP contribution in [0, 0.1) is 11.5 Å². The Morgan fingerprint density at radius 2 is 1.33 bits per heavy atom. The second-order valence-corrected chi connectivity index (χ2v) is 5.51. The summed E-state index contributed by atoms with van der Waals surface area (Å²) in [7, 11) is 0. The Balaban J connectivity index is 1.97. The molecular formula is C20H20N2O5. The van der Waals surface area contributed by atoms with Gasteiger partial charge in [0.05, 0.1) is 0 Å². The summed E-state index contributed by atoms with van der Waals surface area (Å²) in [4.78, 5) is 25.8. The van der Waals surface area contributed by atoms with Crippen molar-refractivity contribution in [2.45, 2.75) is 19.3 Å². The quantitative estimate of drug-likeness (QED) is 0.508. The molecule has 0 unspecified atom stereocenters. The lowest BCUT2D eigenvalue weighted by atomic mass is 10.2. The molecule has 0 spiro atoms. The Bertz CT molecular complexity index is 705. The molecule has 2 aromatic carbocycles. The smallest absolute Gasteiger partial charge is 0.424 e. The van der Waals surface area contributed by atoms with Gasteiger partial charge in [-0.1, -0.05) is 36.4 Å². The number of hydrogen-bond donors (Lipinski definition) is 0. The molecular weight excluding hydrogens is 348 g/mol. The zero-order chi connectivity index (χ0) is 19.3. The van der Waals surface area contributed by atoms with E-state index in [0.29, 0.717) is 37.4 Å². The first-order chi connectivity index (χ1) is 13.2. The molecule has 2 rings (SSSR count). The fraction of sp³-hybridized carbons (Fsp3) is 0.250. The molecule has 0 radical (unpaired) electrons. The number of unbranched alkanes of at least 4 members (excludes halogenated alkanes) is 2. The van der Waals surface area contributed by atoms with Crippen LogP contribution in [0.25, 0.3) is 0 Å². The van der Waals surface area contributed by atoms with Crippen molar-refractivity contribution in [1.82, 2.24) is 4.90 Å². The van der Waals surface area contributed by atoms with Crippen molar-refractivity contribution in [1.29, 1.82) is 5.26 Å². The third-order valence-corrected chi connectivity index (χ3v) is 3.53. The largest absolute Gasteiger partial charge is 0.428 e. The molecule has 0 atom stereocenters. The molecule has 0 saturated carbocycles. The van der Waals surface area contributed by atoms with Crippen molar-refractivity contribution in [2.24, 2.45) is 0 Å². The number of ether oxygens (including phenoxy) is 3. The van der Waals surface area contributed by atoms with Crippen molar-refractivity contribution in [3.8, 4) is 17.8 Å². The van der Waals surface area contributed by atoms with E-state index in [2.05, 4.69) is 4.74 Å². The second kappa shape index (κ2) is 11.2. The van der Waals surface area contributed by atoms with E-state index in [1.807, 2.05) is 0 Å². The van der Waals surface area contributed by atoms with Crippen molar-refractivity contribution >= 4 is 12.2 Å². The second-order valence-electron chi connectivity index (χ2n) is 5.51. The summed E-state index contributed by atoms with van der Waals surface area (Å²) in [5, 5.41) is 8.33. The summed E-state index contributed by atoms with van der Waals surface area (Å²) in [5.41, 5.74) is 0. The van der Waals surface area contributed by atoms with Gasteiger partial charge in [0.1, 0.15) is 18.1 Å². The van der Waals surface area contributed by atoms with E-state index in [9.17, 15) is 9.59 Å². The van der Waals surface area contributed by atoms with Crippen LogP contribution in [-0.4, -0.2) is 30.2 Å². The molecule has 2 amide bonds. The number of imide groups is 1. The summed E-state index contributed by atoms with van der Waals surface area (Å²) in [5.74, 6) is 0.671. The minimum atomic E-state index is -0.810. The predicted octanol–water partition coefficient (Wildman–Crippen LogP) is 4.35. The lowest BCUT2D eigenvalue weighted by Gasteiger charge is -2.19. The highest BCUT2D eigenvalue weighted by molar-refractivity contribution is 5.89. The number of nitriles is 1. The van der Waals surface area contributed by atoms with Crippen LogP contribution < -0.4 is 9.47 Å². The Kier molecular flexibility index (Phi) is 8.18. The predicted molar refractivity (Wildman–Crippen MR) is 97.1 cm³/mol. The van der Waals surface area contributed by atoms with Gasteiger partial charge < -0.3 is 14.2 Å². The molecule has 0 heterocycles. The topological polar surface area (TPSA) is 88.9 Å². The molecule has 0 aromatic heterocycles. The lowest BCUT2D eigenvalue weighted by molar-refractivity contribution is 0.130. The highest BCUT2D eigenvalue weighted by Crippen LogP contribution is 2.14. The van der Waals surface area contributed by atoms with Crippen molar-refractivity contribution in [2.75, 3.05) is 13.2 Å².